The van der Waals surface area contributed by atoms with Gasteiger partial charge < -0.3 is 9.84 Å². The van der Waals surface area contributed by atoms with Crippen LogP contribution in [0.1, 0.15) is 42.5 Å². The van der Waals surface area contributed by atoms with Crippen molar-refractivity contribution in [1.82, 2.24) is 0 Å². The van der Waals surface area contributed by atoms with E-state index in [0.717, 1.165) is 19.3 Å². The average Bonchev–Trinajstić information content (AvgIpc) is 2.39. The summed E-state index contributed by atoms with van der Waals surface area (Å²) in [5, 5.41) is 10.3. The molecule has 98 valence electrons. The maximum Gasteiger partial charge on any atom is 0.197 e. The first kappa shape index (κ1) is 13.0. The third kappa shape index (κ3) is 2.25. The molecule has 18 heavy (non-hydrogen) atoms. The SMILES string of the molecule is COc1cccc(C(=O)C2(O)CCCCC2)c1F. The molecule has 0 bridgehead atoms. The molecule has 1 aliphatic rings. The number of carbonyl (C=O) groups is 1. The fourth-order valence-electron chi connectivity index (χ4n) is 2.46. The minimum Gasteiger partial charge on any atom is -0.494 e. The van der Waals surface area contributed by atoms with Gasteiger partial charge >= 0.3 is 0 Å². The van der Waals surface area contributed by atoms with Crippen LogP contribution in [0.5, 0.6) is 5.75 Å². The number of aliphatic hydroxyl groups is 1. The first-order chi connectivity index (χ1) is 8.58. The van der Waals surface area contributed by atoms with Crippen molar-refractivity contribution in [3.05, 3.63) is 29.6 Å². The van der Waals surface area contributed by atoms with Gasteiger partial charge in [-0.15, -0.1) is 0 Å². The second-order valence-corrected chi connectivity index (χ2v) is 4.74. The minimum absolute atomic E-state index is 0.0280. The van der Waals surface area contributed by atoms with Crippen molar-refractivity contribution in [2.45, 2.75) is 37.7 Å². The van der Waals surface area contributed by atoms with Crippen molar-refractivity contribution in [2.75, 3.05) is 7.11 Å². The Bertz CT molecular complexity index is 450. The third-order valence-corrected chi connectivity index (χ3v) is 3.53. The molecule has 1 aliphatic carbocycles. The van der Waals surface area contributed by atoms with Gasteiger partial charge in [0, 0.05) is 0 Å². The van der Waals surface area contributed by atoms with E-state index in [0.29, 0.717) is 12.8 Å². The number of halogens is 1. The lowest BCUT2D eigenvalue weighted by atomic mass is 9.79. The van der Waals surface area contributed by atoms with Gasteiger partial charge in [0.1, 0.15) is 5.60 Å². The Morgan fingerprint density at radius 3 is 2.61 bits per heavy atom. The Kier molecular flexibility index (Phi) is 3.66. The second kappa shape index (κ2) is 5.06. The van der Waals surface area contributed by atoms with E-state index < -0.39 is 17.2 Å². The molecule has 4 heteroatoms. The lowest BCUT2D eigenvalue weighted by Crippen LogP contribution is -2.40. The van der Waals surface area contributed by atoms with Crippen molar-refractivity contribution in [2.24, 2.45) is 0 Å². The Hall–Kier alpha value is -1.42. The van der Waals surface area contributed by atoms with Gasteiger partial charge in [-0.2, -0.15) is 0 Å². The maximum atomic E-state index is 14.0. The molecule has 1 fully saturated rings. The van der Waals surface area contributed by atoms with E-state index in [1.165, 1.54) is 19.2 Å². The van der Waals surface area contributed by atoms with Gasteiger partial charge in [-0.3, -0.25) is 4.79 Å². The third-order valence-electron chi connectivity index (χ3n) is 3.53. The summed E-state index contributed by atoms with van der Waals surface area (Å²) in [4.78, 5) is 12.3. The highest BCUT2D eigenvalue weighted by atomic mass is 19.1. The van der Waals surface area contributed by atoms with Crippen molar-refractivity contribution < 1.29 is 19.0 Å². The molecule has 0 unspecified atom stereocenters. The van der Waals surface area contributed by atoms with Crippen LogP contribution in [-0.2, 0) is 0 Å². The van der Waals surface area contributed by atoms with E-state index in [-0.39, 0.29) is 11.3 Å². The topological polar surface area (TPSA) is 46.5 Å². The van der Waals surface area contributed by atoms with Gasteiger partial charge in [0.2, 0.25) is 0 Å². The van der Waals surface area contributed by atoms with Crippen LogP contribution in [0.3, 0.4) is 0 Å². The number of Topliss-reactive ketones (excluding diaryl/α,β-unsaturated/α-hetero) is 1. The molecule has 1 saturated carbocycles. The summed E-state index contributed by atoms with van der Waals surface area (Å²) < 4.78 is 18.8. The van der Waals surface area contributed by atoms with E-state index in [1.807, 2.05) is 0 Å². The molecule has 0 spiro atoms. The number of ketones is 1. The van der Waals surface area contributed by atoms with Crippen molar-refractivity contribution in [3.8, 4) is 5.75 Å². The predicted molar refractivity (Wildman–Crippen MR) is 65.3 cm³/mol. The van der Waals surface area contributed by atoms with E-state index >= 15 is 0 Å². The standard InChI is InChI=1S/C14H17FO3/c1-18-11-7-5-6-10(12(11)15)13(16)14(17)8-3-2-4-9-14/h5-7,17H,2-4,8-9H2,1H3. The van der Waals surface area contributed by atoms with Crippen LogP contribution in [0.4, 0.5) is 4.39 Å². The van der Waals surface area contributed by atoms with Crippen LogP contribution in [0, 0.1) is 5.82 Å². The van der Waals surface area contributed by atoms with Gasteiger partial charge in [0.25, 0.3) is 0 Å². The van der Waals surface area contributed by atoms with Crippen LogP contribution in [0.2, 0.25) is 0 Å². The van der Waals surface area contributed by atoms with Crippen LogP contribution >= 0.6 is 0 Å². The molecule has 2 rings (SSSR count). The smallest absolute Gasteiger partial charge is 0.197 e. The average molecular weight is 252 g/mol. The molecular formula is C14H17FO3. The van der Waals surface area contributed by atoms with Crippen molar-refractivity contribution in [3.63, 3.8) is 0 Å². The molecule has 1 N–H and O–H groups in total. The highest BCUT2D eigenvalue weighted by molar-refractivity contribution is 6.02. The summed E-state index contributed by atoms with van der Waals surface area (Å²) in [6.45, 7) is 0. The summed E-state index contributed by atoms with van der Waals surface area (Å²) in [7, 11) is 1.35. The zero-order valence-electron chi connectivity index (χ0n) is 10.4. The quantitative estimate of drug-likeness (QED) is 0.841. The number of benzene rings is 1. The van der Waals surface area contributed by atoms with Crippen LogP contribution in [0.15, 0.2) is 18.2 Å². The summed E-state index contributed by atoms with van der Waals surface area (Å²) >= 11 is 0. The molecule has 1 aromatic carbocycles. The Labute approximate surface area is 106 Å². The Balaban J connectivity index is 2.33. The number of ether oxygens (including phenoxy) is 1. The summed E-state index contributed by atoms with van der Waals surface area (Å²) in [6, 6.07) is 4.41. The normalized spacial score (nSPS) is 18.4. The summed E-state index contributed by atoms with van der Waals surface area (Å²) in [5.74, 6) is -1.19. The molecule has 1 aromatic rings. The molecule has 0 aliphatic heterocycles. The monoisotopic (exact) mass is 252 g/mol. The highest BCUT2D eigenvalue weighted by Crippen LogP contribution is 2.33. The number of rotatable bonds is 3. The number of hydrogen-bond acceptors (Lipinski definition) is 3. The lowest BCUT2D eigenvalue weighted by Gasteiger charge is -2.30. The molecule has 0 aromatic heterocycles. The predicted octanol–water partition coefficient (Wildman–Crippen LogP) is 2.71. The van der Waals surface area contributed by atoms with Crippen molar-refractivity contribution in [1.29, 1.82) is 0 Å². The van der Waals surface area contributed by atoms with Gasteiger partial charge in [0.05, 0.1) is 12.7 Å². The number of methoxy groups -OCH3 is 1. The van der Waals surface area contributed by atoms with Crippen LogP contribution in [0.25, 0.3) is 0 Å². The van der Waals surface area contributed by atoms with E-state index in [2.05, 4.69) is 0 Å². The molecule has 0 heterocycles. The molecule has 0 atom stereocenters. The van der Waals surface area contributed by atoms with E-state index in [9.17, 15) is 14.3 Å². The largest absolute Gasteiger partial charge is 0.494 e. The zero-order chi connectivity index (χ0) is 13.2. The van der Waals surface area contributed by atoms with Crippen LogP contribution < -0.4 is 4.74 Å². The molecule has 0 amide bonds. The molecule has 0 radical (unpaired) electrons. The first-order valence-electron chi connectivity index (χ1n) is 6.18. The Morgan fingerprint density at radius 1 is 1.33 bits per heavy atom. The molecule has 3 nitrogen and oxygen atoms in total. The fourth-order valence-corrected chi connectivity index (χ4v) is 2.46. The molecular weight excluding hydrogens is 235 g/mol. The lowest BCUT2D eigenvalue weighted by molar-refractivity contribution is 0.0112. The van der Waals surface area contributed by atoms with Gasteiger partial charge in [-0.1, -0.05) is 25.3 Å². The van der Waals surface area contributed by atoms with E-state index in [1.54, 1.807) is 6.07 Å². The first-order valence-corrected chi connectivity index (χ1v) is 6.18. The number of hydrogen-bond donors (Lipinski definition) is 1. The Morgan fingerprint density at radius 2 is 2.00 bits per heavy atom. The maximum absolute atomic E-state index is 14.0. The van der Waals surface area contributed by atoms with Gasteiger partial charge in [-0.05, 0) is 25.0 Å². The number of carbonyl (C=O) groups excluding carboxylic acids is 1. The fraction of sp³-hybridized carbons (Fsp3) is 0.500. The van der Waals surface area contributed by atoms with E-state index in [4.69, 9.17) is 4.74 Å². The van der Waals surface area contributed by atoms with Gasteiger partial charge in [0.15, 0.2) is 17.3 Å². The van der Waals surface area contributed by atoms with Gasteiger partial charge in [-0.25, -0.2) is 4.39 Å². The summed E-state index contributed by atoms with van der Waals surface area (Å²) in [6.07, 6.45) is 3.42. The molecule has 0 saturated heterocycles. The summed E-state index contributed by atoms with van der Waals surface area (Å²) in [5.41, 5.74) is -1.50. The zero-order valence-corrected chi connectivity index (χ0v) is 10.4. The van der Waals surface area contributed by atoms with Crippen molar-refractivity contribution >= 4 is 5.78 Å². The highest BCUT2D eigenvalue weighted by Gasteiger charge is 2.39. The minimum atomic E-state index is -1.41. The second-order valence-electron chi connectivity index (χ2n) is 4.74. The van der Waals surface area contributed by atoms with Crippen LogP contribution in [-0.4, -0.2) is 23.6 Å².